The number of carbonyl (C=O) groups is 1. The highest BCUT2D eigenvalue weighted by Crippen LogP contribution is 2.37. The topological polar surface area (TPSA) is 74.3 Å². The summed E-state index contributed by atoms with van der Waals surface area (Å²) >= 11 is 5.91. The molecule has 0 bridgehead atoms. The van der Waals surface area contributed by atoms with Crippen molar-refractivity contribution in [2.75, 3.05) is 7.11 Å². The minimum absolute atomic E-state index is 0.359. The second-order valence-electron chi connectivity index (χ2n) is 6.63. The molecule has 0 unspecified atom stereocenters. The number of aryl methyl sites for hydroxylation is 2. The van der Waals surface area contributed by atoms with Gasteiger partial charge in [-0.05, 0) is 55.6 Å². The van der Waals surface area contributed by atoms with E-state index in [1.165, 1.54) is 13.2 Å². The molecule has 29 heavy (non-hydrogen) atoms. The number of fused-ring (bicyclic) bond motifs is 1. The highest BCUT2D eigenvalue weighted by Gasteiger charge is 2.20. The van der Waals surface area contributed by atoms with E-state index in [0.717, 1.165) is 21.4 Å². The van der Waals surface area contributed by atoms with Gasteiger partial charge >= 0.3 is 0 Å². The van der Waals surface area contributed by atoms with Crippen LogP contribution in [0, 0.1) is 13.8 Å². The van der Waals surface area contributed by atoms with Crippen LogP contribution in [0.3, 0.4) is 0 Å². The maximum absolute atomic E-state index is 13.1. The van der Waals surface area contributed by atoms with Gasteiger partial charge in [0.15, 0.2) is 0 Å². The van der Waals surface area contributed by atoms with Gasteiger partial charge in [-0.1, -0.05) is 16.8 Å². The van der Waals surface area contributed by atoms with Crippen LogP contribution in [0.15, 0.2) is 57.8 Å². The van der Waals surface area contributed by atoms with Gasteiger partial charge in [-0.15, -0.1) is 0 Å². The van der Waals surface area contributed by atoms with Crippen molar-refractivity contribution in [2.45, 2.75) is 13.8 Å². The van der Waals surface area contributed by atoms with E-state index in [2.05, 4.69) is 5.16 Å². The Hall–Kier alpha value is -3.38. The highest BCUT2D eigenvalue weighted by molar-refractivity contribution is 6.30. The van der Waals surface area contributed by atoms with Crippen LogP contribution in [0.2, 0.25) is 5.02 Å². The summed E-state index contributed by atoms with van der Waals surface area (Å²) in [5, 5.41) is 5.23. The van der Waals surface area contributed by atoms with Crippen LogP contribution in [0.25, 0.3) is 22.0 Å². The lowest BCUT2D eigenvalue weighted by Gasteiger charge is -2.14. The SMILES string of the molecule is COc1cc2c(ccc(=O)n2C(=O)c2ccc(Cl)cc2)cc1-c1c(C)noc1C. The summed E-state index contributed by atoms with van der Waals surface area (Å²) in [5.74, 6) is 0.727. The molecular formula is C22H17ClN2O4. The summed E-state index contributed by atoms with van der Waals surface area (Å²) < 4.78 is 12.0. The maximum Gasteiger partial charge on any atom is 0.265 e. The number of methoxy groups -OCH3 is 1. The van der Waals surface area contributed by atoms with E-state index < -0.39 is 11.5 Å². The number of nitrogens with zero attached hydrogens (tertiary/aromatic N) is 2. The Morgan fingerprint density at radius 2 is 1.83 bits per heavy atom. The predicted molar refractivity (Wildman–Crippen MR) is 111 cm³/mol. The van der Waals surface area contributed by atoms with Gasteiger partial charge in [0, 0.05) is 28.3 Å². The lowest BCUT2D eigenvalue weighted by atomic mass is 10.0. The summed E-state index contributed by atoms with van der Waals surface area (Å²) in [6.07, 6.45) is 0. The molecule has 6 nitrogen and oxygen atoms in total. The Balaban J connectivity index is 1.98. The average Bonchev–Trinajstić information content (AvgIpc) is 3.05. The molecule has 2 aromatic carbocycles. The monoisotopic (exact) mass is 408 g/mol. The third-order valence-corrected chi connectivity index (χ3v) is 5.06. The fraction of sp³-hybridized carbons (Fsp3) is 0.136. The summed E-state index contributed by atoms with van der Waals surface area (Å²) in [6, 6.07) is 13.0. The number of carbonyl (C=O) groups excluding carboxylic acids is 1. The molecule has 0 radical (unpaired) electrons. The summed E-state index contributed by atoms with van der Waals surface area (Å²) in [6.45, 7) is 3.67. The van der Waals surface area contributed by atoms with E-state index >= 15 is 0 Å². The molecule has 0 atom stereocenters. The third kappa shape index (κ3) is 3.21. The van der Waals surface area contributed by atoms with Crippen LogP contribution in [0.1, 0.15) is 21.8 Å². The van der Waals surface area contributed by atoms with Crippen molar-refractivity contribution >= 4 is 28.4 Å². The summed E-state index contributed by atoms with van der Waals surface area (Å²) in [7, 11) is 1.54. The first kappa shape index (κ1) is 19.0. The Labute approximate surface area is 171 Å². The number of hydrogen-bond acceptors (Lipinski definition) is 5. The second kappa shape index (κ2) is 7.22. The van der Waals surface area contributed by atoms with Gasteiger partial charge in [0.1, 0.15) is 11.5 Å². The zero-order valence-electron chi connectivity index (χ0n) is 16.0. The number of pyridine rings is 1. The number of rotatable bonds is 3. The van der Waals surface area contributed by atoms with Crippen LogP contribution < -0.4 is 10.3 Å². The van der Waals surface area contributed by atoms with Crippen LogP contribution in [0.5, 0.6) is 5.75 Å². The molecule has 2 heterocycles. The van der Waals surface area contributed by atoms with Crippen molar-refractivity contribution in [3.63, 3.8) is 0 Å². The number of halogens is 1. The smallest absolute Gasteiger partial charge is 0.265 e. The van der Waals surface area contributed by atoms with Gasteiger partial charge in [0.25, 0.3) is 11.5 Å². The van der Waals surface area contributed by atoms with Gasteiger partial charge < -0.3 is 9.26 Å². The van der Waals surface area contributed by atoms with Crippen molar-refractivity contribution in [1.29, 1.82) is 0 Å². The normalized spacial score (nSPS) is 11.0. The Bertz CT molecular complexity index is 1280. The number of benzene rings is 2. The van der Waals surface area contributed by atoms with Crippen LogP contribution in [-0.4, -0.2) is 22.7 Å². The highest BCUT2D eigenvalue weighted by atomic mass is 35.5. The number of hydrogen-bond donors (Lipinski definition) is 0. The van der Waals surface area contributed by atoms with Gasteiger partial charge in [-0.2, -0.15) is 0 Å². The summed E-state index contributed by atoms with van der Waals surface area (Å²) in [5.41, 5.74) is 2.71. The molecule has 0 amide bonds. The first-order valence-electron chi connectivity index (χ1n) is 8.88. The predicted octanol–water partition coefficient (Wildman–Crippen LogP) is 4.62. The Kier molecular flexibility index (Phi) is 4.72. The largest absolute Gasteiger partial charge is 0.496 e. The van der Waals surface area contributed by atoms with Crippen LogP contribution in [0.4, 0.5) is 0 Å². The summed E-state index contributed by atoms with van der Waals surface area (Å²) in [4.78, 5) is 25.7. The molecule has 146 valence electrons. The zero-order valence-corrected chi connectivity index (χ0v) is 16.8. The standard InChI is InChI=1S/C22H17ClN2O4/c1-12-21(13(2)29-24-12)17-10-15-6-9-20(26)25(18(15)11-19(17)28-3)22(27)14-4-7-16(23)8-5-14/h4-11H,1-3H3. The van der Waals surface area contributed by atoms with Crippen LogP contribution >= 0.6 is 11.6 Å². The quantitative estimate of drug-likeness (QED) is 0.494. The van der Waals surface area contributed by atoms with Gasteiger partial charge in [0.05, 0.1) is 23.9 Å². The van der Waals surface area contributed by atoms with Crippen molar-refractivity contribution in [1.82, 2.24) is 9.72 Å². The molecule has 7 heteroatoms. The van der Waals surface area contributed by atoms with E-state index in [4.69, 9.17) is 20.9 Å². The van der Waals surface area contributed by atoms with E-state index in [1.807, 2.05) is 19.9 Å². The molecule has 0 saturated carbocycles. The molecule has 0 aliphatic carbocycles. The molecule has 0 aliphatic heterocycles. The third-order valence-electron chi connectivity index (χ3n) is 4.81. The van der Waals surface area contributed by atoms with E-state index in [-0.39, 0.29) is 0 Å². The molecule has 4 rings (SSSR count). The number of ether oxygens (including phenoxy) is 1. The van der Waals surface area contributed by atoms with Crippen molar-refractivity contribution in [3.05, 3.63) is 80.9 Å². The number of aromatic nitrogens is 2. The molecule has 0 fully saturated rings. The molecular weight excluding hydrogens is 392 g/mol. The minimum Gasteiger partial charge on any atom is -0.496 e. The maximum atomic E-state index is 13.1. The average molecular weight is 409 g/mol. The van der Waals surface area contributed by atoms with Gasteiger partial charge in [-0.25, -0.2) is 4.57 Å². The molecule has 0 spiro atoms. The molecule has 4 aromatic rings. The van der Waals surface area contributed by atoms with E-state index in [0.29, 0.717) is 33.0 Å². The molecule has 0 saturated heterocycles. The molecule has 0 N–H and O–H groups in total. The minimum atomic E-state index is -0.440. The van der Waals surface area contributed by atoms with Crippen molar-refractivity contribution in [2.24, 2.45) is 0 Å². The zero-order chi connectivity index (χ0) is 20.7. The fourth-order valence-electron chi connectivity index (χ4n) is 3.43. The Morgan fingerprint density at radius 1 is 1.10 bits per heavy atom. The lowest BCUT2D eigenvalue weighted by Crippen LogP contribution is -2.26. The van der Waals surface area contributed by atoms with E-state index in [9.17, 15) is 9.59 Å². The second-order valence-corrected chi connectivity index (χ2v) is 7.07. The van der Waals surface area contributed by atoms with Crippen molar-refractivity contribution in [3.8, 4) is 16.9 Å². The lowest BCUT2D eigenvalue weighted by molar-refractivity contribution is 0.0961. The van der Waals surface area contributed by atoms with Crippen molar-refractivity contribution < 1.29 is 14.1 Å². The first-order chi connectivity index (χ1) is 13.9. The van der Waals surface area contributed by atoms with E-state index in [1.54, 1.807) is 36.4 Å². The van der Waals surface area contributed by atoms with Crippen LogP contribution in [-0.2, 0) is 0 Å². The molecule has 0 aliphatic rings. The van der Waals surface area contributed by atoms with Gasteiger partial charge in [-0.3, -0.25) is 9.59 Å². The fourth-order valence-corrected chi connectivity index (χ4v) is 3.56. The first-order valence-corrected chi connectivity index (χ1v) is 9.26. The van der Waals surface area contributed by atoms with Gasteiger partial charge in [0.2, 0.25) is 0 Å². The molecule has 2 aromatic heterocycles. The Morgan fingerprint density at radius 3 is 2.45 bits per heavy atom.